The summed E-state index contributed by atoms with van der Waals surface area (Å²) in [6, 6.07) is 19.9. The second-order valence-corrected chi connectivity index (χ2v) is 8.06. The molecule has 0 bridgehead atoms. The minimum Gasteiger partial charge on any atom is -0.488 e. The van der Waals surface area contributed by atoms with Gasteiger partial charge < -0.3 is 4.74 Å². The van der Waals surface area contributed by atoms with Gasteiger partial charge in [-0.25, -0.2) is 13.8 Å². The lowest BCUT2D eigenvalue weighted by molar-refractivity contribution is 0.299. The second-order valence-electron chi connectivity index (χ2n) is 7.06. The Kier molecular flexibility index (Phi) is 4.56. The standard InChI is InChI=1S/C24H17FN2O2S/c1-15-10-11-21(29-14-16-6-2-3-7-18(16)25)17(12-15)13-22-23(28)27-20-9-5-4-8-19(20)26-24(27)30-22/h2-13H,14H2,1H3. The Labute approximate surface area is 175 Å². The van der Waals surface area contributed by atoms with E-state index in [9.17, 15) is 9.18 Å². The summed E-state index contributed by atoms with van der Waals surface area (Å²) in [5.41, 5.74) is 3.79. The van der Waals surface area contributed by atoms with Gasteiger partial charge in [0.05, 0.1) is 15.6 Å². The molecule has 0 saturated carbocycles. The third-order valence-corrected chi connectivity index (χ3v) is 5.91. The SMILES string of the molecule is Cc1ccc(OCc2ccccc2F)c(C=c2sc3nc4ccccc4n3c2=O)c1. The molecule has 0 fully saturated rings. The number of thiazole rings is 1. The van der Waals surface area contributed by atoms with Crippen LogP contribution in [0, 0.1) is 12.7 Å². The van der Waals surface area contributed by atoms with Crippen LogP contribution in [0.15, 0.2) is 71.5 Å². The van der Waals surface area contributed by atoms with E-state index in [1.807, 2.05) is 55.5 Å². The summed E-state index contributed by atoms with van der Waals surface area (Å²) in [6.07, 6.45) is 1.82. The fraction of sp³-hybridized carbons (Fsp3) is 0.0833. The monoisotopic (exact) mass is 416 g/mol. The highest BCUT2D eigenvalue weighted by molar-refractivity contribution is 7.15. The van der Waals surface area contributed by atoms with Gasteiger partial charge in [-0.15, -0.1) is 0 Å². The molecule has 0 aliphatic rings. The molecule has 0 atom stereocenters. The molecule has 30 heavy (non-hydrogen) atoms. The highest BCUT2D eigenvalue weighted by atomic mass is 32.1. The van der Waals surface area contributed by atoms with Crippen LogP contribution >= 0.6 is 11.3 Å². The minimum absolute atomic E-state index is 0.106. The number of aryl methyl sites for hydroxylation is 1. The second kappa shape index (κ2) is 7.39. The molecule has 148 valence electrons. The lowest BCUT2D eigenvalue weighted by Crippen LogP contribution is -2.22. The van der Waals surface area contributed by atoms with Crippen LogP contribution in [0.3, 0.4) is 0 Å². The molecule has 5 rings (SSSR count). The molecule has 3 aromatic carbocycles. The molecule has 2 aromatic heterocycles. The van der Waals surface area contributed by atoms with E-state index in [2.05, 4.69) is 4.98 Å². The normalized spacial score (nSPS) is 12.1. The number of fused-ring (bicyclic) bond motifs is 3. The number of hydrogen-bond acceptors (Lipinski definition) is 4. The number of para-hydroxylation sites is 2. The van der Waals surface area contributed by atoms with E-state index in [0.29, 0.717) is 20.8 Å². The van der Waals surface area contributed by atoms with Crippen LogP contribution < -0.4 is 14.8 Å². The maximum Gasteiger partial charge on any atom is 0.274 e. The van der Waals surface area contributed by atoms with E-state index in [-0.39, 0.29) is 18.0 Å². The van der Waals surface area contributed by atoms with Crippen molar-refractivity contribution in [2.45, 2.75) is 13.5 Å². The average Bonchev–Trinajstić information content (AvgIpc) is 3.25. The Bertz CT molecular complexity index is 1500. The van der Waals surface area contributed by atoms with E-state index < -0.39 is 0 Å². The van der Waals surface area contributed by atoms with Crippen molar-refractivity contribution >= 4 is 33.4 Å². The van der Waals surface area contributed by atoms with Crippen molar-refractivity contribution in [3.05, 3.63) is 104 Å². The largest absolute Gasteiger partial charge is 0.488 e. The Morgan fingerprint density at radius 3 is 2.77 bits per heavy atom. The lowest BCUT2D eigenvalue weighted by atomic mass is 10.1. The maximum atomic E-state index is 13.9. The van der Waals surface area contributed by atoms with Gasteiger partial charge in [0, 0.05) is 11.1 Å². The summed E-state index contributed by atoms with van der Waals surface area (Å²) in [5, 5.41) is 0. The maximum absolute atomic E-state index is 13.9. The van der Waals surface area contributed by atoms with Crippen molar-refractivity contribution in [1.82, 2.24) is 9.38 Å². The molecule has 0 amide bonds. The van der Waals surface area contributed by atoms with Crippen LogP contribution in [-0.2, 0) is 6.61 Å². The Hall–Kier alpha value is -3.51. The molecule has 0 aliphatic carbocycles. The van der Waals surface area contributed by atoms with Crippen molar-refractivity contribution in [2.24, 2.45) is 0 Å². The van der Waals surface area contributed by atoms with Crippen LogP contribution in [0.2, 0.25) is 0 Å². The molecule has 0 radical (unpaired) electrons. The van der Waals surface area contributed by atoms with E-state index in [0.717, 1.165) is 22.2 Å². The number of halogens is 1. The zero-order chi connectivity index (χ0) is 20.7. The summed E-state index contributed by atoms with van der Waals surface area (Å²) in [6.45, 7) is 2.09. The third-order valence-electron chi connectivity index (χ3n) is 4.94. The van der Waals surface area contributed by atoms with Gasteiger partial charge >= 0.3 is 0 Å². The molecule has 0 aliphatic heterocycles. The molecule has 5 aromatic rings. The van der Waals surface area contributed by atoms with Crippen molar-refractivity contribution in [3.8, 4) is 5.75 Å². The fourth-order valence-electron chi connectivity index (χ4n) is 3.44. The van der Waals surface area contributed by atoms with Crippen molar-refractivity contribution in [3.63, 3.8) is 0 Å². The minimum atomic E-state index is -0.302. The first-order valence-electron chi connectivity index (χ1n) is 9.49. The van der Waals surface area contributed by atoms with E-state index in [1.165, 1.54) is 17.4 Å². The van der Waals surface area contributed by atoms with Crippen LogP contribution in [0.5, 0.6) is 5.75 Å². The highest BCUT2D eigenvalue weighted by Crippen LogP contribution is 2.23. The molecule has 0 unspecified atom stereocenters. The lowest BCUT2D eigenvalue weighted by Gasteiger charge is -2.10. The molecule has 0 spiro atoms. The first-order chi connectivity index (χ1) is 14.6. The van der Waals surface area contributed by atoms with Gasteiger partial charge in [-0.3, -0.25) is 4.79 Å². The third kappa shape index (κ3) is 3.25. The molecule has 0 N–H and O–H groups in total. The summed E-state index contributed by atoms with van der Waals surface area (Å²) in [5.74, 6) is 0.294. The Morgan fingerprint density at radius 2 is 1.90 bits per heavy atom. The number of imidazole rings is 1. The average molecular weight is 416 g/mol. The number of rotatable bonds is 4. The van der Waals surface area contributed by atoms with Crippen molar-refractivity contribution in [2.75, 3.05) is 0 Å². The van der Waals surface area contributed by atoms with Crippen molar-refractivity contribution in [1.29, 1.82) is 0 Å². The summed E-state index contributed by atoms with van der Waals surface area (Å²) < 4.78 is 22.0. The molecule has 4 nitrogen and oxygen atoms in total. The van der Waals surface area contributed by atoms with Gasteiger partial charge in [0.25, 0.3) is 5.56 Å². The molecule has 6 heteroatoms. The van der Waals surface area contributed by atoms with E-state index in [4.69, 9.17) is 4.74 Å². The van der Waals surface area contributed by atoms with Crippen LogP contribution in [-0.4, -0.2) is 9.38 Å². The predicted octanol–water partition coefficient (Wildman–Crippen LogP) is 4.48. The summed E-state index contributed by atoms with van der Waals surface area (Å²) in [4.78, 5) is 18.3. The van der Waals surface area contributed by atoms with Gasteiger partial charge in [0.15, 0.2) is 4.96 Å². The van der Waals surface area contributed by atoms with Crippen LogP contribution in [0.1, 0.15) is 16.7 Å². The first kappa shape index (κ1) is 18.5. The van der Waals surface area contributed by atoms with Gasteiger partial charge in [-0.1, -0.05) is 53.3 Å². The van der Waals surface area contributed by atoms with E-state index in [1.54, 1.807) is 22.6 Å². The number of benzene rings is 3. The quantitative estimate of drug-likeness (QED) is 0.434. The predicted molar refractivity (Wildman–Crippen MR) is 118 cm³/mol. The van der Waals surface area contributed by atoms with Gasteiger partial charge in [-0.2, -0.15) is 0 Å². The number of nitrogens with zero attached hydrogens (tertiary/aromatic N) is 2. The molecular weight excluding hydrogens is 399 g/mol. The van der Waals surface area contributed by atoms with Crippen LogP contribution in [0.25, 0.3) is 22.1 Å². The van der Waals surface area contributed by atoms with Gasteiger partial charge in [0.1, 0.15) is 18.2 Å². The molecule has 2 heterocycles. The molecular formula is C24H17FN2O2S. The van der Waals surface area contributed by atoms with E-state index >= 15 is 0 Å². The fourth-order valence-corrected chi connectivity index (χ4v) is 4.41. The zero-order valence-corrected chi connectivity index (χ0v) is 16.9. The Balaban J connectivity index is 1.58. The smallest absolute Gasteiger partial charge is 0.274 e. The van der Waals surface area contributed by atoms with Gasteiger partial charge in [-0.05, 0) is 43.3 Å². The summed E-state index contributed by atoms with van der Waals surface area (Å²) in [7, 11) is 0. The zero-order valence-electron chi connectivity index (χ0n) is 16.1. The summed E-state index contributed by atoms with van der Waals surface area (Å²) >= 11 is 1.34. The van der Waals surface area contributed by atoms with Crippen LogP contribution in [0.4, 0.5) is 4.39 Å². The number of aromatic nitrogens is 2. The van der Waals surface area contributed by atoms with Gasteiger partial charge in [0.2, 0.25) is 0 Å². The Morgan fingerprint density at radius 1 is 1.10 bits per heavy atom. The van der Waals surface area contributed by atoms with Crippen molar-refractivity contribution < 1.29 is 9.13 Å². The highest BCUT2D eigenvalue weighted by Gasteiger charge is 2.12. The first-order valence-corrected chi connectivity index (χ1v) is 10.3. The molecule has 0 saturated heterocycles. The topological polar surface area (TPSA) is 43.6 Å². The number of hydrogen-bond donors (Lipinski definition) is 0. The number of ether oxygens (including phenoxy) is 1.